The molecule has 3 atom stereocenters. The molecule has 0 radical (unpaired) electrons. The minimum absolute atomic E-state index is 0.292. The smallest absolute Gasteiger partial charge is 0.0851 e. The van der Waals surface area contributed by atoms with E-state index in [-0.39, 0.29) is 0 Å². The summed E-state index contributed by atoms with van der Waals surface area (Å²) < 4.78 is 0. The van der Waals surface area contributed by atoms with Gasteiger partial charge in [-0.25, -0.2) is 0 Å². The molecule has 0 aromatic heterocycles. The molecule has 138 valence electrons. The topological polar surface area (TPSA) is 20.2 Å². The van der Waals surface area contributed by atoms with Crippen LogP contribution in [-0.2, 0) is 0 Å². The minimum Gasteiger partial charge on any atom is -0.513 e. The second kappa shape index (κ2) is 13.6. The van der Waals surface area contributed by atoms with Crippen LogP contribution in [0.15, 0.2) is 36.6 Å². The highest BCUT2D eigenvalue weighted by atomic mass is 35.5. The molecular weight excluding hydrogens is 316 g/mol. The Kier molecular flexibility index (Phi) is 12.1. The molecule has 0 amide bonds. The highest BCUT2D eigenvalue weighted by molar-refractivity contribution is 6.21. The monoisotopic (exact) mass is 352 g/mol. The molecule has 1 aliphatic rings. The number of aliphatic hydroxyl groups is 1. The van der Waals surface area contributed by atoms with Crippen molar-refractivity contribution in [2.45, 2.75) is 89.4 Å². The fourth-order valence-electron chi connectivity index (χ4n) is 3.54. The van der Waals surface area contributed by atoms with Gasteiger partial charge in [0.05, 0.1) is 5.76 Å². The van der Waals surface area contributed by atoms with Crippen molar-refractivity contribution in [2.24, 2.45) is 11.8 Å². The molecule has 1 saturated carbocycles. The lowest BCUT2D eigenvalue weighted by Gasteiger charge is -2.17. The first-order valence-corrected chi connectivity index (χ1v) is 10.4. The minimum atomic E-state index is 0.292. The number of allylic oxidation sites excluding steroid dienone is 5. The van der Waals surface area contributed by atoms with E-state index in [2.05, 4.69) is 37.8 Å². The van der Waals surface area contributed by atoms with Crippen molar-refractivity contribution in [1.82, 2.24) is 0 Å². The predicted molar refractivity (Wildman–Crippen MR) is 108 cm³/mol. The fraction of sp³-hybridized carbons (Fsp3) is 0.727. The summed E-state index contributed by atoms with van der Waals surface area (Å²) >= 11 is 6.54. The lowest BCUT2D eigenvalue weighted by molar-refractivity contribution is 0.387. The molecule has 2 unspecified atom stereocenters. The maximum Gasteiger partial charge on any atom is 0.0851 e. The Hall–Kier alpha value is -0.690. The van der Waals surface area contributed by atoms with E-state index < -0.39 is 0 Å². The van der Waals surface area contributed by atoms with Crippen molar-refractivity contribution in [1.29, 1.82) is 0 Å². The molecule has 0 heterocycles. The Bertz CT molecular complexity index is 385. The summed E-state index contributed by atoms with van der Waals surface area (Å²) in [6, 6.07) is 0. The van der Waals surface area contributed by atoms with Gasteiger partial charge in [0.25, 0.3) is 0 Å². The quantitative estimate of drug-likeness (QED) is 0.155. The van der Waals surface area contributed by atoms with E-state index in [1.54, 1.807) is 0 Å². The van der Waals surface area contributed by atoms with Crippen LogP contribution in [0.25, 0.3) is 0 Å². The van der Waals surface area contributed by atoms with Crippen molar-refractivity contribution in [3.8, 4) is 0 Å². The summed E-state index contributed by atoms with van der Waals surface area (Å²) in [5.41, 5.74) is 0. The largest absolute Gasteiger partial charge is 0.513 e. The van der Waals surface area contributed by atoms with Gasteiger partial charge in [-0.2, -0.15) is 0 Å². The Morgan fingerprint density at radius 1 is 1.04 bits per heavy atom. The summed E-state index contributed by atoms with van der Waals surface area (Å²) in [5.74, 6) is 1.54. The molecule has 2 heteroatoms. The molecule has 0 spiro atoms. The van der Waals surface area contributed by atoms with E-state index in [1.807, 2.05) is 0 Å². The SMILES string of the molecule is C=C(O)CCC/C=C\C[C@H]1C(Cl)CCC1/C=C/CCCCCCC. The van der Waals surface area contributed by atoms with Crippen molar-refractivity contribution in [2.75, 3.05) is 0 Å². The van der Waals surface area contributed by atoms with Gasteiger partial charge in [0.2, 0.25) is 0 Å². The molecule has 1 aliphatic carbocycles. The fourth-order valence-corrected chi connectivity index (χ4v) is 3.96. The lowest BCUT2D eigenvalue weighted by Crippen LogP contribution is -2.12. The molecular formula is C22H37ClO. The first-order chi connectivity index (χ1) is 11.6. The van der Waals surface area contributed by atoms with E-state index in [4.69, 9.17) is 16.7 Å². The third-order valence-corrected chi connectivity index (χ3v) is 5.60. The summed E-state index contributed by atoms with van der Waals surface area (Å²) in [4.78, 5) is 0. The maximum absolute atomic E-state index is 9.07. The van der Waals surface area contributed by atoms with E-state index in [1.165, 1.54) is 44.9 Å². The number of unbranched alkanes of at least 4 members (excludes halogenated alkanes) is 6. The van der Waals surface area contributed by atoms with Crippen molar-refractivity contribution in [3.05, 3.63) is 36.6 Å². The van der Waals surface area contributed by atoms with E-state index in [0.29, 0.717) is 29.4 Å². The average Bonchev–Trinajstić information content (AvgIpc) is 2.90. The number of aliphatic hydroxyl groups excluding tert-OH is 1. The third kappa shape index (κ3) is 9.57. The van der Waals surface area contributed by atoms with Crippen LogP contribution in [0.2, 0.25) is 0 Å². The second-order valence-electron chi connectivity index (χ2n) is 7.22. The van der Waals surface area contributed by atoms with Crippen LogP contribution in [0, 0.1) is 11.8 Å². The van der Waals surface area contributed by atoms with Crippen LogP contribution in [0.5, 0.6) is 0 Å². The van der Waals surface area contributed by atoms with Gasteiger partial charge in [-0.1, -0.05) is 63.5 Å². The Balaban J connectivity index is 2.23. The molecule has 1 fully saturated rings. The van der Waals surface area contributed by atoms with Gasteiger partial charge in [0.15, 0.2) is 0 Å². The average molecular weight is 353 g/mol. The summed E-state index contributed by atoms with van der Waals surface area (Å²) in [6.07, 6.45) is 23.5. The molecule has 24 heavy (non-hydrogen) atoms. The van der Waals surface area contributed by atoms with Gasteiger partial charge >= 0.3 is 0 Å². The molecule has 1 rings (SSSR count). The van der Waals surface area contributed by atoms with Crippen LogP contribution in [0.1, 0.15) is 84.0 Å². The molecule has 1 nitrogen and oxygen atoms in total. The number of halogens is 1. The number of rotatable bonds is 13. The number of hydrogen-bond acceptors (Lipinski definition) is 1. The Morgan fingerprint density at radius 2 is 1.79 bits per heavy atom. The number of hydrogen-bond donors (Lipinski definition) is 1. The normalized spacial score (nSPS) is 24.3. The number of alkyl halides is 1. The van der Waals surface area contributed by atoms with Gasteiger partial charge < -0.3 is 5.11 Å². The third-order valence-electron chi connectivity index (χ3n) is 5.06. The van der Waals surface area contributed by atoms with E-state index in [9.17, 15) is 0 Å². The van der Waals surface area contributed by atoms with Crippen molar-refractivity contribution >= 4 is 11.6 Å². The first kappa shape index (κ1) is 21.4. The zero-order valence-corrected chi connectivity index (χ0v) is 16.3. The predicted octanol–water partition coefficient (Wildman–Crippen LogP) is 7.73. The standard InChI is InChI=1S/C22H37ClO/c1-3-4-5-6-7-8-12-15-20-17-18-22(23)21(20)16-13-10-9-11-14-19(2)24/h10,12-13,15,20-22,24H,2-9,11,14,16-18H2,1H3/b13-10-,15-12+/t20?,21-,22?/m1/s1. The Labute approximate surface area is 154 Å². The summed E-state index contributed by atoms with van der Waals surface area (Å²) in [7, 11) is 0. The van der Waals surface area contributed by atoms with Gasteiger partial charge in [0, 0.05) is 11.8 Å². The van der Waals surface area contributed by atoms with Crippen LogP contribution in [-0.4, -0.2) is 10.5 Å². The van der Waals surface area contributed by atoms with Gasteiger partial charge in [-0.05, 0) is 56.8 Å². The lowest BCUT2D eigenvalue weighted by atomic mass is 9.91. The van der Waals surface area contributed by atoms with Crippen LogP contribution in [0.3, 0.4) is 0 Å². The zero-order chi connectivity index (χ0) is 17.6. The maximum atomic E-state index is 9.07. The van der Waals surface area contributed by atoms with Crippen LogP contribution < -0.4 is 0 Å². The van der Waals surface area contributed by atoms with Crippen LogP contribution >= 0.6 is 11.6 Å². The first-order valence-electron chi connectivity index (χ1n) is 9.97. The highest BCUT2D eigenvalue weighted by Crippen LogP contribution is 2.39. The van der Waals surface area contributed by atoms with Gasteiger partial charge in [-0.15, -0.1) is 11.6 Å². The van der Waals surface area contributed by atoms with E-state index in [0.717, 1.165) is 25.7 Å². The molecule has 0 aromatic rings. The van der Waals surface area contributed by atoms with Crippen molar-refractivity contribution < 1.29 is 5.11 Å². The second-order valence-corrected chi connectivity index (χ2v) is 7.78. The van der Waals surface area contributed by atoms with E-state index >= 15 is 0 Å². The highest BCUT2D eigenvalue weighted by Gasteiger charge is 2.32. The van der Waals surface area contributed by atoms with Gasteiger partial charge in [0.1, 0.15) is 0 Å². The molecule has 0 aliphatic heterocycles. The summed E-state index contributed by atoms with van der Waals surface area (Å²) in [5, 5.41) is 9.40. The molecule has 0 bridgehead atoms. The van der Waals surface area contributed by atoms with Gasteiger partial charge in [-0.3, -0.25) is 0 Å². The van der Waals surface area contributed by atoms with Crippen molar-refractivity contribution in [3.63, 3.8) is 0 Å². The van der Waals surface area contributed by atoms with Crippen LogP contribution in [0.4, 0.5) is 0 Å². The zero-order valence-electron chi connectivity index (χ0n) is 15.6. The molecule has 0 saturated heterocycles. The summed E-state index contributed by atoms with van der Waals surface area (Å²) in [6.45, 7) is 5.78. The Morgan fingerprint density at radius 3 is 2.54 bits per heavy atom. The molecule has 0 aromatic carbocycles. The molecule has 1 N–H and O–H groups in total.